The Morgan fingerprint density at radius 1 is 0.544 bits per heavy atom. The first kappa shape index (κ1) is 61.0. The van der Waals surface area contributed by atoms with E-state index in [1.807, 2.05) is 24.3 Å². The van der Waals surface area contributed by atoms with Crippen LogP contribution in [-0.4, -0.2) is 115 Å². The maximum absolute atomic E-state index is 13.0. The van der Waals surface area contributed by atoms with Crippen molar-refractivity contribution < 1.29 is 81.6 Å². The van der Waals surface area contributed by atoms with Gasteiger partial charge in [0.25, 0.3) is 0 Å². The van der Waals surface area contributed by atoms with Crippen molar-refractivity contribution in [2.24, 2.45) is 0 Å². The molecule has 386 valence electrons. The van der Waals surface area contributed by atoms with E-state index < -0.39 is 83.5 Å². The molecular formula is C49H78O17P2. The molecule has 1 aliphatic carbocycles. The second kappa shape index (κ2) is 35.9. The van der Waals surface area contributed by atoms with Gasteiger partial charge in [0.15, 0.2) is 6.10 Å². The van der Waals surface area contributed by atoms with Gasteiger partial charge in [0.05, 0.1) is 18.8 Å². The molecule has 0 bridgehead atoms. The highest BCUT2D eigenvalue weighted by Gasteiger charge is 2.54. The number of carbonyl (C=O) groups excluding carboxylic acids is 2. The van der Waals surface area contributed by atoms with Gasteiger partial charge >= 0.3 is 27.6 Å². The molecule has 1 heterocycles. The Bertz CT molecular complexity index is 1750. The van der Waals surface area contributed by atoms with E-state index in [0.29, 0.717) is 37.9 Å². The molecule has 0 radical (unpaired) electrons. The number of allylic oxidation sites excluding steroid dienone is 14. The average molecular weight is 1000 g/mol. The lowest BCUT2D eigenvalue weighted by atomic mass is 9.85. The Balaban J connectivity index is 1.84. The van der Waals surface area contributed by atoms with E-state index in [9.17, 15) is 53.8 Å². The van der Waals surface area contributed by atoms with Crippen LogP contribution in [0, 0.1) is 0 Å². The van der Waals surface area contributed by atoms with E-state index in [-0.39, 0.29) is 12.8 Å². The minimum Gasteiger partial charge on any atom is -0.462 e. The van der Waals surface area contributed by atoms with Crippen LogP contribution >= 0.6 is 15.6 Å². The van der Waals surface area contributed by atoms with E-state index in [2.05, 4.69) is 85.2 Å². The summed E-state index contributed by atoms with van der Waals surface area (Å²) in [5, 5.41) is 41.2. The van der Waals surface area contributed by atoms with Gasteiger partial charge in [-0.05, 0) is 89.9 Å². The van der Waals surface area contributed by atoms with Crippen molar-refractivity contribution in [3.63, 3.8) is 0 Å². The summed E-state index contributed by atoms with van der Waals surface area (Å²) in [5.74, 6) is -1.36. The van der Waals surface area contributed by atoms with E-state index in [1.165, 1.54) is 19.3 Å². The van der Waals surface area contributed by atoms with Crippen LogP contribution in [0.5, 0.6) is 0 Å². The highest BCUT2D eigenvalue weighted by atomic mass is 31.2. The van der Waals surface area contributed by atoms with Crippen LogP contribution in [0.4, 0.5) is 0 Å². The third-order valence-corrected chi connectivity index (χ3v) is 12.1. The van der Waals surface area contributed by atoms with Gasteiger partial charge in [-0.25, -0.2) is 9.13 Å². The van der Waals surface area contributed by atoms with E-state index in [0.717, 1.165) is 57.8 Å². The van der Waals surface area contributed by atoms with Crippen LogP contribution < -0.4 is 0 Å². The molecule has 1 aliphatic heterocycles. The summed E-state index contributed by atoms with van der Waals surface area (Å²) in [6.07, 6.45) is 32.8. The largest absolute Gasteiger partial charge is 0.472 e. The normalized spacial score (nSPS) is 25.1. The van der Waals surface area contributed by atoms with Gasteiger partial charge in [0.1, 0.15) is 43.2 Å². The van der Waals surface area contributed by atoms with Crippen molar-refractivity contribution in [1.29, 1.82) is 0 Å². The van der Waals surface area contributed by atoms with Crippen molar-refractivity contribution in [1.82, 2.24) is 0 Å². The lowest BCUT2D eigenvalue weighted by Crippen LogP contribution is -2.64. The molecule has 10 atom stereocenters. The number of hydrogen-bond acceptors (Lipinski definition) is 14. The van der Waals surface area contributed by atoms with E-state index in [4.69, 9.17) is 23.3 Å². The lowest BCUT2D eigenvalue weighted by molar-refractivity contribution is -0.216. The molecule has 0 aromatic rings. The summed E-state index contributed by atoms with van der Waals surface area (Å²) in [5.41, 5.74) is 0. The monoisotopic (exact) mass is 1000 g/mol. The lowest BCUT2D eigenvalue weighted by Gasteiger charge is -2.43. The summed E-state index contributed by atoms with van der Waals surface area (Å²) in [7, 11) is -10.7. The van der Waals surface area contributed by atoms with Crippen LogP contribution in [0.1, 0.15) is 129 Å². The van der Waals surface area contributed by atoms with Crippen LogP contribution in [0.3, 0.4) is 0 Å². The molecule has 0 spiro atoms. The predicted molar refractivity (Wildman–Crippen MR) is 259 cm³/mol. The van der Waals surface area contributed by atoms with Crippen molar-refractivity contribution in [3.05, 3.63) is 97.2 Å². The van der Waals surface area contributed by atoms with Gasteiger partial charge in [0.2, 0.25) is 0 Å². The smallest absolute Gasteiger partial charge is 0.462 e. The van der Waals surface area contributed by atoms with Crippen molar-refractivity contribution in [2.45, 2.75) is 184 Å². The van der Waals surface area contributed by atoms with Crippen molar-refractivity contribution in [3.8, 4) is 0 Å². The molecule has 17 nitrogen and oxygen atoms in total. The molecule has 0 aromatic heterocycles. The molecule has 19 heteroatoms. The zero-order chi connectivity index (χ0) is 50.0. The van der Waals surface area contributed by atoms with Gasteiger partial charge < -0.3 is 49.3 Å². The standard InChI is InChI=1S/C49H78O17P2/c1-3-5-7-8-9-10-11-12-13-14-18-21-24-27-31-35-42(50)61-37-39(38-62-68(59,60)66-49-46(54)44(52)45(53)48(47(49)55)65-67(56,57)58)63-43(51)36-32-28-25-22-19-16-15-17-20-23-26-30-34-41-40(64-41)33-29-6-4-2/h6,9-10,12-13,16-21,25-26,28-30,39-41,44-49,52-55H,3-5,7-8,11,14-15,22-24,27,31-38H2,1-2H3,(H,59,60)(H2,56,57,58)/b10-9-,13-12-,19-16-,20-17-,21-18-,28-25-,29-6-,30-26-/t39-,40?,41?,44?,45?,46?,47?,48-,49+/m1/s1. The number of phosphoric ester groups is 2. The highest BCUT2D eigenvalue weighted by Crippen LogP contribution is 2.49. The fourth-order valence-electron chi connectivity index (χ4n) is 6.74. The Kier molecular flexibility index (Phi) is 32.2. The Hall–Kier alpha value is -3.12. The second-order valence-electron chi connectivity index (χ2n) is 16.5. The number of ether oxygens (including phenoxy) is 3. The molecule has 2 rings (SSSR count). The number of esters is 2. The first-order chi connectivity index (χ1) is 32.6. The molecule has 7 unspecified atom stereocenters. The summed E-state index contributed by atoms with van der Waals surface area (Å²) in [6, 6.07) is 0. The van der Waals surface area contributed by atoms with Gasteiger partial charge in [-0.15, -0.1) is 0 Å². The number of aliphatic hydroxyl groups excluding tert-OH is 4. The summed E-state index contributed by atoms with van der Waals surface area (Å²) in [6.45, 7) is 2.85. The Labute approximate surface area is 402 Å². The zero-order valence-corrected chi connectivity index (χ0v) is 41.5. The minimum absolute atomic E-state index is 0.0481. The predicted octanol–water partition coefficient (Wildman–Crippen LogP) is 8.16. The molecule has 7 N–H and O–H groups in total. The summed E-state index contributed by atoms with van der Waals surface area (Å²) < 4.78 is 54.9. The number of aliphatic hydroxyl groups is 4. The minimum atomic E-state index is -5.38. The zero-order valence-electron chi connectivity index (χ0n) is 39.7. The molecule has 0 aromatic carbocycles. The number of phosphoric acid groups is 2. The third kappa shape index (κ3) is 29.2. The third-order valence-electron chi connectivity index (χ3n) is 10.6. The summed E-state index contributed by atoms with van der Waals surface area (Å²) in [4.78, 5) is 54.3. The van der Waals surface area contributed by atoms with Gasteiger partial charge in [-0.2, -0.15) is 0 Å². The van der Waals surface area contributed by atoms with Crippen LogP contribution in [-0.2, 0) is 46.5 Å². The quantitative estimate of drug-likeness (QED) is 0.0102. The first-order valence-electron chi connectivity index (χ1n) is 23.9. The molecule has 1 saturated heterocycles. The maximum atomic E-state index is 13.0. The van der Waals surface area contributed by atoms with Crippen molar-refractivity contribution >= 4 is 27.6 Å². The van der Waals surface area contributed by atoms with Gasteiger partial charge in [-0.1, -0.05) is 124 Å². The molecule has 1 saturated carbocycles. The van der Waals surface area contributed by atoms with Crippen LogP contribution in [0.2, 0.25) is 0 Å². The van der Waals surface area contributed by atoms with Crippen LogP contribution in [0.25, 0.3) is 0 Å². The van der Waals surface area contributed by atoms with Gasteiger partial charge in [-0.3, -0.25) is 23.2 Å². The fourth-order valence-corrected chi connectivity index (χ4v) is 8.28. The molecule has 0 amide bonds. The second-order valence-corrected chi connectivity index (χ2v) is 19.1. The fraction of sp³-hybridized carbons (Fsp3) is 0.633. The molecule has 2 fully saturated rings. The topological polar surface area (TPSA) is 269 Å². The Morgan fingerprint density at radius 2 is 1.03 bits per heavy atom. The summed E-state index contributed by atoms with van der Waals surface area (Å²) >= 11 is 0. The molecule has 2 aliphatic rings. The maximum Gasteiger partial charge on any atom is 0.472 e. The van der Waals surface area contributed by atoms with Gasteiger partial charge in [0, 0.05) is 12.8 Å². The molecule has 68 heavy (non-hydrogen) atoms. The number of carbonyl (C=O) groups is 2. The SMILES string of the molecule is CC/C=C\CC1OC1C/C=C\C/C=C\C/C=C\C/C=C\CCC(=O)O[C@H](COC(=O)CCCC/C=C\C/C=C\C/C=C\CCCCC)COP(=O)(O)O[C@H]1C(O)C(O)C(O)[C@@H](OP(=O)(O)O)C1O. The number of rotatable bonds is 37. The number of unbranched alkanes of at least 4 members (excludes halogenated alkanes) is 5. The Morgan fingerprint density at radius 3 is 1.56 bits per heavy atom. The number of hydrogen-bond donors (Lipinski definition) is 7. The number of epoxide rings is 1. The van der Waals surface area contributed by atoms with Crippen LogP contribution in [0.15, 0.2) is 97.2 Å². The average Bonchev–Trinajstić information content (AvgIpc) is 4.05. The molecular weight excluding hydrogens is 922 g/mol. The first-order valence-corrected chi connectivity index (χ1v) is 26.9. The van der Waals surface area contributed by atoms with Crippen molar-refractivity contribution in [2.75, 3.05) is 13.2 Å². The van der Waals surface area contributed by atoms with E-state index >= 15 is 0 Å². The highest BCUT2D eigenvalue weighted by molar-refractivity contribution is 7.47. The van der Waals surface area contributed by atoms with E-state index in [1.54, 1.807) is 6.08 Å².